The number of hydrogen-bond donors (Lipinski definition) is 0. The number of rotatable bonds is 2. The third kappa shape index (κ3) is 3.64. The Hall–Kier alpha value is -1.37. The van der Waals surface area contributed by atoms with Crippen molar-refractivity contribution in [2.45, 2.75) is 72.6 Å². The van der Waals surface area contributed by atoms with Crippen molar-refractivity contribution in [2.75, 3.05) is 0 Å². The second kappa shape index (κ2) is 7.06. The number of carbonyl (C=O) groups is 1. The van der Waals surface area contributed by atoms with Crippen LogP contribution in [0.3, 0.4) is 0 Å². The molecule has 1 aliphatic rings. The lowest BCUT2D eigenvalue weighted by Gasteiger charge is -2.37. The van der Waals surface area contributed by atoms with Crippen molar-refractivity contribution in [1.82, 2.24) is 0 Å². The Morgan fingerprint density at radius 1 is 1.29 bits per heavy atom. The first-order valence-electron chi connectivity index (χ1n) is 8.14. The van der Waals surface area contributed by atoms with Crippen LogP contribution in [0, 0.1) is 6.92 Å². The Kier molecular flexibility index (Phi) is 5.95. The molecule has 0 heterocycles. The van der Waals surface area contributed by atoms with E-state index in [0.717, 1.165) is 11.9 Å². The first-order chi connectivity index (χ1) is 9.86. The highest BCUT2D eigenvalue weighted by atomic mass is 16.1. The average Bonchev–Trinajstić information content (AvgIpc) is 2.45. The van der Waals surface area contributed by atoms with Gasteiger partial charge in [0.2, 0.25) is 0 Å². The minimum atomic E-state index is 0.242. The number of fused-ring (bicyclic) bond motifs is 1. The molecule has 0 amide bonds. The molecule has 1 heteroatoms. The number of benzene rings is 1. The Morgan fingerprint density at radius 3 is 2.48 bits per heavy atom. The average molecular weight is 286 g/mol. The van der Waals surface area contributed by atoms with E-state index in [-0.39, 0.29) is 5.41 Å². The molecule has 2 rings (SSSR count). The third-order valence-corrected chi connectivity index (χ3v) is 4.60. The quantitative estimate of drug-likeness (QED) is 0.496. The van der Waals surface area contributed by atoms with Crippen LogP contribution >= 0.6 is 0 Å². The zero-order valence-electron chi connectivity index (χ0n) is 14.7. The van der Waals surface area contributed by atoms with Crippen molar-refractivity contribution in [1.29, 1.82) is 0 Å². The van der Waals surface area contributed by atoms with Gasteiger partial charge in [-0.3, -0.25) is 4.79 Å². The van der Waals surface area contributed by atoms with Gasteiger partial charge in [-0.05, 0) is 71.9 Å². The zero-order chi connectivity index (χ0) is 16.2. The molecule has 1 aromatic rings. The fraction of sp³-hybridized carbons (Fsp3) is 0.550. The molecule has 0 saturated carbocycles. The van der Waals surface area contributed by atoms with Crippen molar-refractivity contribution in [2.24, 2.45) is 0 Å². The smallest absolute Gasteiger partial charge is 0.143 e. The summed E-state index contributed by atoms with van der Waals surface area (Å²) in [6.07, 6.45) is 5.04. The van der Waals surface area contributed by atoms with Gasteiger partial charge in [0.05, 0.1) is 0 Å². The molecule has 1 nitrogen and oxygen atoms in total. The molecule has 0 bridgehead atoms. The molecule has 0 radical (unpaired) electrons. The van der Waals surface area contributed by atoms with Gasteiger partial charge >= 0.3 is 0 Å². The molecule has 116 valence electrons. The predicted molar refractivity (Wildman–Crippen MR) is 92.9 cm³/mol. The molecular formula is C20H30O. The summed E-state index contributed by atoms with van der Waals surface area (Å²) in [5.41, 5.74) is 6.75. The number of allylic oxidation sites excluding steroid dienone is 2. The van der Waals surface area contributed by atoms with Gasteiger partial charge in [-0.2, -0.15) is 0 Å². The second-order valence-electron chi connectivity index (χ2n) is 6.56. The maximum absolute atomic E-state index is 10.7. The second-order valence-corrected chi connectivity index (χ2v) is 6.56. The van der Waals surface area contributed by atoms with Crippen LogP contribution < -0.4 is 0 Å². The number of carbonyl (C=O) groups excluding carboxylic acids is 1. The molecule has 1 aromatic carbocycles. The Balaban J connectivity index is 0.00000106. The van der Waals surface area contributed by atoms with E-state index in [2.05, 4.69) is 39.8 Å². The molecule has 0 spiro atoms. The van der Waals surface area contributed by atoms with Gasteiger partial charge in [-0.25, -0.2) is 0 Å². The molecule has 21 heavy (non-hydrogen) atoms. The number of hydrogen-bond acceptors (Lipinski definition) is 1. The highest BCUT2D eigenvalue weighted by molar-refractivity contribution is 5.82. The van der Waals surface area contributed by atoms with Crippen molar-refractivity contribution in [3.8, 4) is 0 Å². The van der Waals surface area contributed by atoms with Crippen LogP contribution in [0.4, 0.5) is 0 Å². The SMILES string of the molecule is C/C(=C\C=O)c1cc2c(cc1C)C(C)CCC2(C)C.CC. The third-order valence-electron chi connectivity index (χ3n) is 4.60. The fourth-order valence-corrected chi connectivity index (χ4v) is 3.21. The van der Waals surface area contributed by atoms with E-state index >= 15 is 0 Å². The van der Waals surface area contributed by atoms with Gasteiger partial charge in [0.15, 0.2) is 0 Å². The highest BCUT2D eigenvalue weighted by Gasteiger charge is 2.31. The molecule has 0 fully saturated rings. The van der Waals surface area contributed by atoms with E-state index in [1.54, 1.807) is 6.08 Å². The summed E-state index contributed by atoms with van der Waals surface area (Å²) in [5, 5.41) is 0. The lowest BCUT2D eigenvalue weighted by atomic mass is 9.68. The van der Waals surface area contributed by atoms with Crippen LogP contribution in [-0.2, 0) is 10.2 Å². The van der Waals surface area contributed by atoms with Crippen molar-refractivity contribution < 1.29 is 4.79 Å². The molecule has 1 aliphatic carbocycles. The minimum absolute atomic E-state index is 0.242. The zero-order valence-corrected chi connectivity index (χ0v) is 14.7. The number of aryl methyl sites for hydroxylation is 1. The summed E-state index contributed by atoms with van der Waals surface area (Å²) < 4.78 is 0. The molecule has 0 saturated heterocycles. The first kappa shape index (κ1) is 17.7. The molecular weight excluding hydrogens is 256 g/mol. The lowest BCUT2D eigenvalue weighted by molar-refractivity contribution is -0.104. The van der Waals surface area contributed by atoms with Gasteiger partial charge in [0, 0.05) is 0 Å². The Bertz CT molecular complexity index is 535. The monoisotopic (exact) mass is 286 g/mol. The van der Waals surface area contributed by atoms with Crippen molar-refractivity contribution in [3.05, 3.63) is 40.5 Å². The standard InChI is InChI=1S/C18H24O.C2H6/c1-12-6-8-18(4,5)17-11-15(13(2)7-9-19)14(3)10-16(12)17;1-2/h7,9-12H,6,8H2,1-5H3;1-2H3/b13-7+;. The minimum Gasteiger partial charge on any atom is -0.299 e. The summed E-state index contributed by atoms with van der Waals surface area (Å²) in [5.74, 6) is 0.645. The van der Waals surface area contributed by atoms with Gasteiger partial charge in [0.25, 0.3) is 0 Å². The largest absolute Gasteiger partial charge is 0.299 e. The van der Waals surface area contributed by atoms with Crippen LogP contribution in [0.25, 0.3) is 5.57 Å². The predicted octanol–water partition coefficient (Wildman–Crippen LogP) is 5.80. The maximum atomic E-state index is 10.7. The van der Waals surface area contributed by atoms with E-state index in [0.29, 0.717) is 5.92 Å². The fourth-order valence-electron chi connectivity index (χ4n) is 3.21. The molecule has 1 atom stereocenters. The number of aldehydes is 1. The molecule has 0 N–H and O–H groups in total. The molecule has 1 unspecified atom stereocenters. The normalized spacial score (nSPS) is 20.1. The van der Waals surface area contributed by atoms with E-state index in [4.69, 9.17) is 0 Å². The Labute approximate surface area is 130 Å². The first-order valence-corrected chi connectivity index (χ1v) is 8.14. The summed E-state index contributed by atoms with van der Waals surface area (Å²) in [4.78, 5) is 10.7. The van der Waals surface area contributed by atoms with E-state index in [1.165, 1.54) is 35.1 Å². The van der Waals surface area contributed by atoms with Crippen LogP contribution in [0.15, 0.2) is 18.2 Å². The summed E-state index contributed by atoms with van der Waals surface area (Å²) >= 11 is 0. The highest BCUT2D eigenvalue weighted by Crippen LogP contribution is 2.44. The van der Waals surface area contributed by atoms with Crippen LogP contribution in [-0.4, -0.2) is 6.29 Å². The van der Waals surface area contributed by atoms with Crippen molar-refractivity contribution in [3.63, 3.8) is 0 Å². The van der Waals surface area contributed by atoms with E-state index in [1.807, 2.05) is 20.8 Å². The molecule has 0 aromatic heterocycles. The molecule has 0 aliphatic heterocycles. The van der Waals surface area contributed by atoms with Crippen molar-refractivity contribution >= 4 is 11.9 Å². The van der Waals surface area contributed by atoms with Crippen LogP contribution in [0.2, 0.25) is 0 Å². The van der Waals surface area contributed by atoms with Crippen LogP contribution in [0.5, 0.6) is 0 Å². The summed E-state index contributed by atoms with van der Waals surface area (Å²) in [7, 11) is 0. The van der Waals surface area contributed by atoms with Gasteiger partial charge in [-0.1, -0.05) is 46.8 Å². The summed E-state index contributed by atoms with van der Waals surface area (Å²) in [6, 6.07) is 4.65. The van der Waals surface area contributed by atoms with E-state index in [9.17, 15) is 4.79 Å². The van der Waals surface area contributed by atoms with E-state index < -0.39 is 0 Å². The van der Waals surface area contributed by atoms with Gasteiger partial charge < -0.3 is 0 Å². The topological polar surface area (TPSA) is 17.1 Å². The van der Waals surface area contributed by atoms with Gasteiger partial charge in [-0.15, -0.1) is 0 Å². The van der Waals surface area contributed by atoms with Gasteiger partial charge in [0.1, 0.15) is 6.29 Å². The summed E-state index contributed by atoms with van der Waals surface area (Å²) in [6.45, 7) is 15.1. The van der Waals surface area contributed by atoms with Crippen LogP contribution in [0.1, 0.15) is 82.6 Å². The lowest BCUT2D eigenvalue weighted by Crippen LogP contribution is -2.26. The Morgan fingerprint density at radius 2 is 1.90 bits per heavy atom. The maximum Gasteiger partial charge on any atom is 0.143 e.